The fourth-order valence-electron chi connectivity index (χ4n) is 2.19. The van der Waals surface area contributed by atoms with E-state index in [9.17, 15) is 20.0 Å². The highest BCUT2D eigenvalue weighted by Gasteiger charge is 2.48. The molecule has 0 saturated heterocycles. The summed E-state index contributed by atoms with van der Waals surface area (Å²) in [6.45, 7) is 1.89. The van der Waals surface area contributed by atoms with Gasteiger partial charge in [0, 0.05) is 18.8 Å². The number of carbonyl (C=O) groups excluding carboxylic acids is 1. The number of rotatable bonds is 4. The van der Waals surface area contributed by atoms with Gasteiger partial charge in [0.15, 0.2) is 5.75 Å². The van der Waals surface area contributed by atoms with E-state index in [0.29, 0.717) is 0 Å². The third-order valence-electron chi connectivity index (χ3n) is 3.64. The average molecular weight is 358 g/mol. The number of carbonyl (C=O) groups is 1. The molecule has 26 heavy (non-hydrogen) atoms. The molecule has 1 heterocycles. The molecule has 136 valence electrons. The summed E-state index contributed by atoms with van der Waals surface area (Å²) in [5.74, 6) is -2.08. The quantitative estimate of drug-likeness (QED) is 0.666. The standard InChI is InChI=1S/C10H11N3O2.C7H7NO3/c1-7-5-3-4-6-8(7)13(2)9(14)10(15)11-12-10;1-11-7-5-3-2-4-6(7)8(9)10/h3-6,15H,1-2H3;2-5H,1H3. The summed E-state index contributed by atoms with van der Waals surface area (Å²) in [6.07, 6.45) is 0. The van der Waals surface area contributed by atoms with Crippen LogP contribution in [0.2, 0.25) is 0 Å². The van der Waals surface area contributed by atoms with Crippen molar-refractivity contribution in [3.05, 3.63) is 64.2 Å². The number of methoxy groups -OCH3 is 1. The first-order valence-electron chi connectivity index (χ1n) is 7.58. The van der Waals surface area contributed by atoms with Crippen LogP contribution in [0.25, 0.3) is 0 Å². The van der Waals surface area contributed by atoms with Crippen molar-refractivity contribution in [2.24, 2.45) is 10.2 Å². The topological polar surface area (TPSA) is 118 Å². The Morgan fingerprint density at radius 3 is 2.27 bits per heavy atom. The molecule has 0 spiro atoms. The first-order chi connectivity index (χ1) is 12.3. The number of nitro benzene ring substituents is 1. The molecular weight excluding hydrogens is 340 g/mol. The monoisotopic (exact) mass is 358 g/mol. The maximum absolute atomic E-state index is 11.7. The second-order valence-electron chi connectivity index (χ2n) is 5.42. The van der Waals surface area contributed by atoms with E-state index < -0.39 is 16.7 Å². The van der Waals surface area contributed by atoms with Crippen LogP contribution in [0.5, 0.6) is 5.75 Å². The van der Waals surface area contributed by atoms with Crippen molar-refractivity contribution in [2.45, 2.75) is 12.8 Å². The van der Waals surface area contributed by atoms with Crippen LogP contribution in [0.3, 0.4) is 0 Å². The van der Waals surface area contributed by atoms with E-state index in [4.69, 9.17) is 4.74 Å². The van der Waals surface area contributed by atoms with Crippen LogP contribution in [-0.4, -0.2) is 35.9 Å². The molecule has 0 unspecified atom stereocenters. The highest BCUT2D eigenvalue weighted by atomic mass is 16.6. The number of hydrogen-bond acceptors (Lipinski definition) is 7. The molecule has 1 aliphatic heterocycles. The lowest BCUT2D eigenvalue weighted by Gasteiger charge is -2.19. The average Bonchev–Trinajstić information content (AvgIpc) is 3.40. The van der Waals surface area contributed by atoms with Gasteiger partial charge in [-0.1, -0.05) is 30.3 Å². The summed E-state index contributed by atoms with van der Waals surface area (Å²) in [5, 5.41) is 26.3. The van der Waals surface area contributed by atoms with Crippen molar-refractivity contribution < 1.29 is 19.6 Å². The van der Waals surface area contributed by atoms with Crippen LogP contribution in [0.4, 0.5) is 11.4 Å². The van der Waals surface area contributed by atoms with E-state index in [1.807, 2.05) is 25.1 Å². The van der Waals surface area contributed by atoms with Crippen LogP contribution in [0.15, 0.2) is 58.8 Å². The van der Waals surface area contributed by atoms with E-state index in [1.54, 1.807) is 31.3 Å². The molecule has 0 saturated carbocycles. The maximum Gasteiger partial charge on any atom is 0.372 e. The Hall–Kier alpha value is -3.33. The lowest BCUT2D eigenvalue weighted by Crippen LogP contribution is -2.39. The Kier molecular flexibility index (Phi) is 5.63. The van der Waals surface area contributed by atoms with Crippen molar-refractivity contribution in [1.29, 1.82) is 0 Å². The van der Waals surface area contributed by atoms with E-state index >= 15 is 0 Å². The number of nitrogens with zero attached hydrogens (tertiary/aromatic N) is 4. The molecule has 0 radical (unpaired) electrons. The lowest BCUT2D eigenvalue weighted by atomic mass is 10.2. The van der Waals surface area contributed by atoms with Gasteiger partial charge in [-0.05, 0) is 24.6 Å². The normalized spacial score (nSPS) is 13.2. The SMILES string of the molecule is COc1ccccc1[N+](=O)[O-].Cc1ccccc1N(C)C(=O)C1(O)N=N1. The predicted molar refractivity (Wildman–Crippen MR) is 94.0 cm³/mol. The molecule has 0 aliphatic carbocycles. The molecule has 0 aromatic heterocycles. The van der Waals surface area contributed by atoms with Crippen molar-refractivity contribution >= 4 is 17.3 Å². The number of likely N-dealkylation sites (N-methyl/N-ethyl adjacent to an activating group) is 1. The smallest absolute Gasteiger partial charge is 0.372 e. The number of anilines is 1. The first kappa shape index (κ1) is 19.0. The molecule has 2 aromatic carbocycles. The zero-order valence-corrected chi connectivity index (χ0v) is 14.5. The number of hydrogen-bond donors (Lipinski definition) is 1. The van der Waals surface area contributed by atoms with Crippen LogP contribution in [0, 0.1) is 17.0 Å². The van der Waals surface area contributed by atoms with Crippen LogP contribution in [-0.2, 0) is 4.79 Å². The molecule has 0 fully saturated rings. The number of aliphatic hydroxyl groups is 1. The number of ether oxygens (including phenoxy) is 1. The van der Waals surface area contributed by atoms with Crippen molar-refractivity contribution in [1.82, 2.24) is 0 Å². The third-order valence-corrected chi connectivity index (χ3v) is 3.64. The summed E-state index contributed by atoms with van der Waals surface area (Å²) < 4.78 is 4.76. The second-order valence-corrected chi connectivity index (χ2v) is 5.42. The zero-order chi connectivity index (χ0) is 19.3. The van der Waals surface area contributed by atoms with Gasteiger partial charge in [0.05, 0.1) is 12.0 Å². The van der Waals surface area contributed by atoms with Gasteiger partial charge < -0.3 is 14.7 Å². The Labute approximate surface area is 149 Å². The van der Waals surface area contributed by atoms with Crippen molar-refractivity contribution in [2.75, 3.05) is 19.1 Å². The van der Waals surface area contributed by atoms with Crippen LogP contribution < -0.4 is 9.64 Å². The summed E-state index contributed by atoms with van der Waals surface area (Å²) in [5.41, 5.74) is 1.70. The zero-order valence-electron chi connectivity index (χ0n) is 14.5. The minimum absolute atomic E-state index is 0.00463. The lowest BCUT2D eigenvalue weighted by molar-refractivity contribution is -0.385. The van der Waals surface area contributed by atoms with Gasteiger partial charge in [0.2, 0.25) is 0 Å². The van der Waals surface area contributed by atoms with Gasteiger partial charge in [-0.2, -0.15) is 0 Å². The molecule has 9 nitrogen and oxygen atoms in total. The molecular formula is C17H18N4O5. The first-order valence-corrected chi connectivity index (χ1v) is 7.58. The van der Waals surface area contributed by atoms with E-state index in [1.165, 1.54) is 18.1 Å². The molecule has 2 aromatic rings. The minimum atomic E-state index is -1.84. The molecule has 1 amide bonds. The molecule has 0 bridgehead atoms. The van der Waals surface area contributed by atoms with Gasteiger partial charge in [0.25, 0.3) is 0 Å². The summed E-state index contributed by atoms with van der Waals surface area (Å²) >= 11 is 0. The number of nitro groups is 1. The number of amides is 1. The fraction of sp³-hybridized carbons (Fsp3) is 0.235. The van der Waals surface area contributed by atoms with E-state index in [2.05, 4.69) is 10.2 Å². The molecule has 1 aliphatic rings. The predicted octanol–water partition coefficient (Wildman–Crippen LogP) is 2.67. The number of para-hydroxylation sites is 3. The minimum Gasteiger partial charge on any atom is -0.490 e. The van der Waals surface area contributed by atoms with Gasteiger partial charge >= 0.3 is 17.4 Å². The summed E-state index contributed by atoms with van der Waals surface area (Å²) in [4.78, 5) is 22.9. The Bertz CT molecular complexity index is 847. The fourth-order valence-corrected chi connectivity index (χ4v) is 2.19. The van der Waals surface area contributed by atoms with Gasteiger partial charge in [-0.3, -0.25) is 14.9 Å². The number of aryl methyl sites for hydroxylation is 1. The number of benzene rings is 2. The van der Waals surface area contributed by atoms with Gasteiger partial charge in [-0.15, -0.1) is 10.2 Å². The third kappa shape index (κ3) is 4.19. The largest absolute Gasteiger partial charge is 0.490 e. The second kappa shape index (κ2) is 7.70. The maximum atomic E-state index is 11.7. The molecule has 1 N–H and O–H groups in total. The van der Waals surface area contributed by atoms with E-state index in [-0.39, 0.29) is 11.4 Å². The Morgan fingerprint density at radius 2 is 1.77 bits per heavy atom. The summed E-state index contributed by atoms with van der Waals surface area (Å²) in [7, 11) is 2.99. The van der Waals surface area contributed by atoms with Crippen molar-refractivity contribution in [3.8, 4) is 5.75 Å². The molecule has 0 atom stereocenters. The highest BCUT2D eigenvalue weighted by Crippen LogP contribution is 2.29. The van der Waals surface area contributed by atoms with Gasteiger partial charge in [0.1, 0.15) is 0 Å². The molecule has 9 heteroatoms. The van der Waals surface area contributed by atoms with Gasteiger partial charge in [-0.25, -0.2) is 0 Å². The Morgan fingerprint density at radius 1 is 1.19 bits per heavy atom. The van der Waals surface area contributed by atoms with Crippen LogP contribution in [0.1, 0.15) is 5.56 Å². The summed E-state index contributed by atoms with van der Waals surface area (Å²) in [6, 6.07) is 13.7. The highest BCUT2D eigenvalue weighted by molar-refractivity contribution is 6.00. The van der Waals surface area contributed by atoms with E-state index in [0.717, 1.165) is 11.3 Å². The molecule has 3 rings (SSSR count). The Balaban J connectivity index is 0.000000197. The van der Waals surface area contributed by atoms with Crippen LogP contribution >= 0.6 is 0 Å². The van der Waals surface area contributed by atoms with Crippen molar-refractivity contribution in [3.63, 3.8) is 0 Å².